The summed E-state index contributed by atoms with van der Waals surface area (Å²) in [7, 11) is 0. The summed E-state index contributed by atoms with van der Waals surface area (Å²) in [6, 6.07) is 76.4. The maximum Gasteiger partial charge on any atom is 0.167 e. The fraction of sp³-hybridized carbons (Fsp3) is 0. The topological polar surface area (TPSA) is 69.9 Å². The Morgan fingerprint density at radius 2 is 0.836 bits per heavy atom. The summed E-state index contributed by atoms with van der Waals surface area (Å²) in [5.74, 6) is 1.74. The SMILES string of the molecule is c1ccc(-c2nc(-c3ccc4ccc(-c5ccc6c(c5)oc5cc(-c7ccc8c9ccccc9n(-c9ccccc9)c8c7)ccc56)cc4c3)nc(-c3cccc4c3oc3ccccc34)n2)cc1. The second-order valence-corrected chi connectivity index (χ2v) is 17.2. The third kappa shape index (κ3) is 6.08. The van der Waals surface area contributed by atoms with Gasteiger partial charge in [0.25, 0.3) is 0 Å². The van der Waals surface area contributed by atoms with Crippen molar-refractivity contribution in [3.8, 4) is 62.1 Å². The standard InChI is InChI=1S/C61H36N4O2/c1-3-12-38(13-4-1)59-62-60(64-61(63-59)52-19-11-18-51-48-17-8-10-21-55(48)67-58(51)52)43-25-23-37-22-24-39(32-44(37)33-43)41-27-30-49-50-31-28-42(36-57(50)66-56(49)35-41)40-26-29-47-46-16-7-9-20-53(46)65(54(47)34-40)45-14-5-2-6-15-45/h1-36H. The van der Waals surface area contributed by atoms with Crippen LogP contribution in [0.25, 0.3) is 139 Å². The third-order valence-corrected chi connectivity index (χ3v) is 13.2. The summed E-state index contributed by atoms with van der Waals surface area (Å²) in [6.07, 6.45) is 0. The normalized spacial score (nSPS) is 11.9. The Morgan fingerprint density at radius 1 is 0.299 bits per heavy atom. The second-order valence-electron chi connectivity index (χ2n) is 17.2. The fourth-order valence-electron chi connectivity index (χ4n) is 9.97. The van der Waals surface area contributed by atoms with E-state index in [1.807, 2.05) is 60.7 Å². The smallest absolute Gasteiger partial charge is 0.167 e. The Balaban J connectivity index is 0.834. The lowest BCUT2D eigenvalue weighted by Crippen LogP contribution is -2.00. The molecule has 0 fully saturated rings. The fourth-order valence-corrected chi connectivity index (χ4v) is 9.97. The van der Waals surface area contributed by atoms with Crippen molar-refractivity contribution >= 4 is 76.5 Å². The summed E-state index contributed by atoms with van der Waals surface area (Å²) in [5, 5.41) is 8.94. The van der Waals surface area contributed by atoms with Gasteiger partial charge >= 0.3 is 0 Å². The highest BCUT2D eigenvalue weighted by Gasteiger charge is 2.19. The van der Waals surface area contributed by atoms with Crippen molar-refractivity contribution in [2.24, 2.45) is 0 Å². The van der Waals surface area contributed by atoms with Gasteiger partial charge in [0, 0.05) is 49.1 Å². The first-order valence-electron chi connectivity index (χ1n) is 22.5. The Morgan fingerprint density at radius 3 is 1.61 bits per heavy atom. The molecule has 0 unspecified atom stereocenters. The minimum Gasteiger partial charge on any atom is -0.456 e. The van der Waals surface area contributed by atoms with Crippen LogP contribution in [0, 0.1) is 0 Å². The third-order valence-electron chi connectivity index (χ3n) is 13.2. The molecule has 0 aliphatic carbocycles. The van der Waals surface area contributed by atoms with E-state index in [1.54, 1.807) is 0 Å². The quantitative estimate of drug-likeness (QED) is 0.167. The molecule has 10 aromatic carbocycles. The lowest BCUT2D eigenvalue weighted by molar-refractivity contribution is 0.669. The van der Waals surface area contributed by atoms with Crippen molar-refractivity contribution in [3.05, 3.63) is 218 Å². The van der Waals surface area contributed by atoms with Crippen LogP contribution in [0.2, 0.25) is 0 Å². The monoisotopic (exact) mass is 856 g/mol. The van der Waals surface area contributed by atoms with Crippen molar-refractivity contribution < 1.29 is 8.83 Å². The van der Waals surface area contributed by atoms with Gasteiger partial charge in [-0.1, -0.05) is 146 Å². The van der Waals surface area contributed by atoms with Gasteiger partial charge in [-0.2, -0.15) is 0 Å². The molecule has 6 nitrogen and oxygen atoms in total. The largest absolute Gasteiger partial charge is 0.456 e. The second kappa shape index (κ2) is 14.7. The van der Waals surface area contributed by atoms with Crippen LogP contribution in [0.3, 0.4) is 0 Å². The molecule has 0 aliphatic rings. The molecule has 0 aliphatic heterocycles. The molecular formula is C61H36N4O2. The average molecular weight is 857 g/mol. The van der Waals surface area contributed by atoms with E-state index in [-0.39, 0.29) is 0 Å². The van der Waals surface area contributed by atoms with Gasteiger partial charge in [0.15, 0.2) is 17.5 Å². The highest BCUT2D eigenvalue weighted by atomic mass is 16.3. The van der Waals surface area contributed by atoms with Crippen LogP contribution in [-0.2, 0) is 0 Å². The average Bonchev–Trinajstić information content (AvgIpc) is 4.07. The summed E-state index contributed by atoms with van der Waals surface area (Å²) < 4.78 is 15.5. The predicted molar refractivity (Wildman–Crippen MR) is 273 cm³/mol. The van der Waals surface area contributed by atoms with E-state index in [4.69, 9.17) is 23.8 Å². The van der Waals surface area contributed by atoms with Crippen LogP contribution >= 0.6 is 0 Å². The van der Waals surface area contributed by atoms with Gasteiger partial charge in [-0.05, 0) is 106 Å². The van der Waals surface area contributed by atoms with Crippen molar-refractivity contribution in [1.82, 2.24) is 19.5 Å². The number of hydrogen-bond acceptors (Lipinski definition) is 5. The Hall–Kier alpha value is -9.13. The molecule has 0 amide bonds. The summed E-state index contributed by atoms with van der Waals surface area (Å²) >= 11 is 0. The number of benzene rings is 10. The number of aromatic nitrogens is 4. The lowest BCUT2D eigenvalue weighted by atomic mass is 9.98. The summed E-state index contributed by atoms with van der Waals surface area (Å²) in [4.78, 5) is 15.2. The molecule has 0 saturated heterocycles. The van der Waals surface area contributed by atoms with Crippen LogP contribution in [-0.4, -0.2) is 19.5 Å². The molecule has 14 aromatic rings. The van der Waals surface area contributed by atoms with Crippen molar-refractivity contribution in [1.29, 1.82) is 0 Å². The van der Waals surface area contributed by atoms with E-state index < -0.39 is 0 Å². The predicted octanol–water partition coefficient (Wildman–Crippen LogP) is 16.3. The molecule has 4 heterocycles. The van der Waals surface area contributed by atoms with E-state index in [2.05, 4.69) is 162 Å². The van der Waals surface area contributed by atoms with Gasteiger partial charge in [-0.25, -0.2) is 15.0 Å². The molecule has 0 N–H and O–H groups in total. The van der Waals surface area contributed by atoms with Gasteiger partial charge in [0.2, 0.25) is 0 Å². The highest BCUT2D eigenvalue weighted by Crippen LogP contribution is 2.40. The van der Waals surface area contributed by atoms with Crippen LogP contribution in [0.5, 0.6) is 0 Å². The summed E-state index contributed by atoms with van der Waals surface area (Å²) in [5.41, 5.74) is 13.8. The van der Waals surface area contributed by atoms with Crippen LogP contribution in [0.15, 0.2) is 227 Å². The molecule has 4 aromatic heterocycles. The Labute approximate surface area is 383 Å². The highest BCUT2D eigenvalue weighted by molar-refractivity contribution is 6.12. The number of furan rings is 2. The molecule has 14 rings (SSSR count). The molecule has 6 heteroatoms. The molecule has 0 atom stereocenters. The first-order valence-corrected chi connectivity index (χ1v) is 22.5. The lowest BCUT2D eigenvalue weighted by Gasteiger charge is -2.10. The minimum atomic E-state index is 0.557. The van der Waals surface area contributed by atoms with Crippen molar-refractivity contribution in [2.75, 3.05) is 0 Å². The minimum absolute atomic E-state index is 0.557. The zero-order chi connectivity index (χ0) is 44.0. The van der Waals surface area contributed by atoms with E-state index in [9.17, 15) is 0 Å². The number of para-hydroxylation sites is 4. The van der Waals surface area contributed by atoms with E-state index in [0.717, 1.165) is 99.3 Å². The van der Waals surface area contributed by atoms with Gasteiger partial charge in [-0.15, -0.1) is 0 Å². The molecule has 0 radical (unpaired) electrons. The van der Waals surface area contributed by atoms with Gasteiger partial charge < -0.3 is 13.4 Å². The van der Waals surface area contributed by atoms with Crippen LogP contribution in [0.1, 0.15) is 0 Å². The van der Waals surface area contributed by atoms with Crippen molar-refractivity contribution in [2.45, 2.75) is 0 Å². The molecule has 312 valence electrons. The first-order chi connectivity index (χ1) is 33.2. The Bertz CT molecular complexity index is 4280. The molecular weight excluding hydrogens is 821 g/mol. The molecule has 67 heavy (non-hydrogen) atoms. The van der Waals surface area contributed by atoms with Crippen LogP contribution in [0.4, 0.5) is 0 Å². The van der Waals surface area contributed by atoms with Gasteiger partial charge in [0.05, 0.1) is 16.6 Å². The number of nitrogens with zero attached hydrogens (tertiary/aromatic N) is 4. The zero-order valence-corrected chi connectivity index (χ0v) is 35.9. The number of rotatable bonds is 6. The van der Waals surface area contributed by atoms with E-state index in [1.165, 1.54) is 21.8 Å². The number of hydrogen-bond donors (Lipinski definition) is 0. The maximum atomic E-state index is 6.67. The Kier molecular flexibility index (Phi) is 8.18. The van der Waals surface area contributed by atoms with E-state index in [0.29, 0.717) is 17.5 Å². The van der Waals surface area contributed by atoms with Crippen LogP contribution < -0.4 is 0 Å². The van der Waals surface area contributed by atoms with Crippen molar-refractivity contribution in [3.63, 3.8) is 0 Å². The first kappa shape index (κ1) is 37.3. The number of fused-ring (bicyclic) bond motifs is 10. The van der Waals surface area contributed by atoms with E-state index >= 15 is 0 Å². The zero-order valence-electron chi connectivity index (χ0n) is 35.9. The molecule has 0 saturated carbocycles. The maximum absolute atomic E-state index is 6.67. The van der Waals surface area contributed by atoms with Gasteiger partial charge in [0.1, 0.15) is 22.3 Å². The van der Waals surface area contributed by atoms with Gasteiger partial charge in [-0.3, -0.25) is 0 Å². The molecule has 0 spiro atoms. The molecule has 0 bridgehead atoms. The summed E-state index contributed by atoms with van der Waals surface area (Å²) in [6.45, 7) is 0.